The van der Waals surface area contributed by atoms with Crippen molar-refractivity contribution in [2.24, 2.45) is 0 Å². The summed E-state index contributed by atoms with van der Waals surface area (Å²) >= 11 is 0. The average molecular weight is 241 g/mol. The minimum atomic E-state index is -2.95. The first kappa shape index (κ1) is 13.1. The molecule has 17 heavy (non-hydrogen) atoms. The van der Waals surface area contributed by atoms with Crippen molar-refractivity contribution in [3.8, 4) is 6.07 Å². The van der Waals surface area contributed by atoms with Crippen LogP contribution in [-0.2, 0) is 11.3 Å². The average Bonchev–Trinajstić information content (AvgIpc) is 2.35. The van der Waals surface area contributed by atoms with Gasteiger partial charge in [0.25, 0.3) is 6.43 Å². The van der Waals surface area contributed by atoms with Crippen molar-refractivity contribution in [2.75, 3.05) is 7.11 Å². The van der Waals surface area contributed by atoms with Crippen molar-refractivity contribution < 1.29 is 23.4 Å². The van der Waals surface area contributed by atoms with E-state index in [2.05, 4.69) is 4.74 Å². The van der Waals surface area contributed by atoms with Gasteiger partial charge in [0, 0.05) is 5.56 Å². The van der Waals surface area contributed by atoms with E-state index in [0.717, 1.165) is 7.11 Å². The van der Waals surface area contributed by atoms with Gasteiger partial charge in [-0.05, 0) is 11.6 Å². The third-order valence-corrected chi connectivity index (χ3v) is 2.24. The van der Waals surface area contributed by atoms with E-state index >= 15 is 0 Å². The number of methoxy groups -OCH3 is 1. The lowest BCUT2D eigenvalue weighted by Crippen LogP contribution is -2.09. The summed E-state index contributed by atoms with van der Waals surface area (Å²) in [7, 11) is 1.09. The molecule has 0 aliphatic rings. The second kappa shape index (κ2) is 5.37. The molecule has 90 valence electrons. The van der Waals surface area contributed by atoms with Crippen LogP contribution in [0.2, 0.25) is 0 Å². The highest BCUT2D eigenvalue weighted by Gasteiger charge is 2.23. The largest absolute Gasteiger partial charge is 0.465 e. The first-order valence-corrected chi connectivity index (χ1v) is 4.60. The van der Waals surface area contributed by atoms with E-state index in [1.807, 2.05) is 0 Å². The van der Waals surface area contributed by atoms with Gasteiger partial charge in [-0.3, -0.25) is 0 Å². The molecule has 0 aliphatic carbocycles. The third-order valence-electron chi connectivity index (χ3n) is 2.24. The van der Waals surface area contributed by atoms with Gasteiger partial charge < -0.3 is 9.84 Å². The Balaban J connectivity index is 3.53. The molecule has 0 unspecified atom stereocenters. The number of nitriles is 1. The SMILES string of the molecule is COC(=O)c1ccc(CO)c(C(F)F)c1C#N. The maximum absolute atomic E-state index is 12.8. The number of aliphatic hydroxyl groups excluding tert-OH is 1. The molecular formula is C11H9F2NO3. The van der Waals surface area contributed by atoms with Crippen molar-refractivity contribution >= 4 is 5.97 Å². The highest BCUT2D eigenvalue weighted by atomic mass is 19.3. The van der Waals surface area contributed by atoms with E-state index in [1.165, 1.54) is 12.1 Å². The fourth-order valence-corrected chi connectivity index (χ4v) is 1.45. The van der Waals surface area contributed by atoms with Crippen LogP contribution in [-0.4, -0.2) is 18.2 Å². The van der Waals surface area contributed by atoms with Crippen LogP contribution in [0.15, 0.2) is 12.1 Å². The number of esters is 1. The van der Waals surface area contributed by atoms with Crippen LogP contribution < -0.4 is 0 Å². The van der Waals surface area contributed by atoms with Crippen LogP contribution in [0, 0.1) is 11.3 Å². The summed E-state index contributed by atoms with van der Waals surface area (Å²) in [5.74, 6) is -0.868. The van der Waals surface area contributed by atoms with Gasteiger partial charge in [0.1, 0.15) is 6.07 Å². The molecule has 0 bridgehead atoms. The summed E-state index contributed by atoms with van der Waals surface area (Å²) in [5.41, 5.74) is -1.40. The molecule has 0 saturated carbocycles. The number of aliphatic hydroxyl groups is 1. The normalized spacial score (nSPS) is 10.1. The van der Waals surface area contributed by atoms with E-state index < -0.39 is 30.1 Å². The minimum absolute atomic E-state index is 0.0794. The first-order chi connectivity index (χ1) is 8.06. The zero-order valence-corrected chi connectivity index (χ0v) is 8.91. The molecule has 6 heteroatoms. The van der Waals surface area contributed by atoms with Gasteiger partial charge in [-0.2, -0.15) is 5.26 Å². The molecule has 0 aromatic heterocycles. The highest BCUT2D eigenvalue weighted by molar-refractivity contribution is 5.92. The molecular weight excluding hydrogens is 232 g/mol. The Hall–Kier alpha value is -2.00. The summed E-state index contributed by atoms with van der Waals surface area (Å²) < 4.78 is 30.0. The third kappa shape index (κ3) is 2.40. The van der Waals surface area contributed by atoms with E-state index in [1.54, 1.807) is 6.07 Å². The van der Waals surface area contributed by atoms with E-state index in [9.17, 15) is 13.6 Å². The molecule has 0 radical (unpaired) electrons. The molecule has 0 amide bonds. The summed E-state index contributed by atoms with van der Waals surface area (Å²) in [6, 6.07) is 3.90. The number of halogens is 2. The lowest BCUT2D eigenvalue weighted by atomic mass is 9.97. The molecule has 0 saturated heterocycles. The summed E-state index contributed by atoms with van der Waals surface area (Å²) in [5, 5.41) is 17.8. The van der Waals surface area contributed by atoms with Crippen molar-refractivity contribution in [1.29, 1.82) is 5.26 Å². The predicted octanol–water partition coefficient (Wildman–Crippen LogP) is 1.77. The number of carbonyl (C=O) groups excluding carboxylic acids is 1. The van der Waals surface area contributed by atoms with E-state index in [4.69, 9.17) is 10.4 Å². The van der Waals surface area contributed by atoms with Crippen LogP contribution in [0.1, 0.15) is 33.5 Å². The number of benzene rings is 1. The number of ether oxygens (including phenoxy) is 1. The van der Waals surface area contributed by atoms with Crippen molar-refractivity contribution in [1.82, 2.24) is 0 Å². The second-order valence-corrected chi connectivity index (χ2v) is 3.12. The van der Waals surface area contributed by atoms with Gasteiger partial charge in [0.2, 0.25) is 0 Å². The van der Waals surface area contributed by atoms with Crippen LogP contribution in [0.25, 0.3) is 0 Å². The molecule has 0 aliphatic heterocycles. The Bertz CT molecular complexity index is 480. The van der Waals surface area contributed by atoms with E-state index in [-0.39, 0.29) is 11.1 Å². The maximum Gasteiger partial charge on any atom is 0.339 e. The molecule has 1 N–H and O–H groups in total. The zero-order valence-electron chi connectivity index (χ0n) is 8.91. The molecule has 1 rings (SSSR count). The molecule has 0 spiro atoms. The lowest BCUT2D eigenvalue weighted by molar-refractivity contribution is 0.0599. The monoisotopic (exact) mass is 241 g/mol. The van der Waals surface area contributed by atoms with Gasteiger partial charge in [0.05, 0.1) is 24.8 Å². The number of alkyl halides is 2. The van der Waals surface area contributed by atoms with Crippen molar-refractivity contribution in [2.45, 2.75) is 13.0 Å². The van der Waals surface area contributed by atoms with Crippen molar-refractivity contribution in [3.63, 3.8) is 0 Å². The predicted molar refractivity (Wildman–Crippen MR) is 53.4 cm³/mol. The van der Waals surface area contributed by atoms with Gasteiger partial charge in [-0.25, -0.2) is 13.6 Å². The Kier molecular flexibility index (Phi) is 4.12. The Morgan fingerprint density at radius 2 is 2.24 bits per heavy atom. The van der Waals surface area contributed by atoms with Gasteiger partial charge in [-0.1, -0.05) is 6.07 Å². The standard InChI is InChI=1S/C11H9F2NO3/c1-17-11(16)7-3-2-6(5-15)9(10(12)13)8(7)4-14/h2-3,10,15H,5H2,1H3. The van der Waals surface area contributed by atoms with Crippen molar-refractivity contribution in [3.05, 3.63) is 34.4 Å². The van der Waals surface area contributed by atoms with Gasteiger partial charge in [-0.15, -0.1) is 0 Å². The molecule has 0 fully saturated rings. The number of carbonyl (C=O) groups is 1. The Morgan fingerprint density at radius 3 is 2.65 bits per heavy atom. The summed E-state index contributed by atoms with van der Waals surface area (Å²) in [4.78, 5) is 11.3. The second-order valence-electron chi connectivity index (χ2n) is 3.12. The zero-order chi connectivity index (χ0) is 13.0. The van der Waals surface area contributed by atoms with Crippen LogP contribution >= 0.6 is 0 Å². The topological polar surface area (TPSA) is 70.3 Å². The molecule has 0 heterocycles. The molecule has 4 nitrogen and oxygen atoms in total. The molecule has 1 aromatic carbocycles. The molecule has 1 aromatic rings. The number of hydrogen-bond donors (Lipinski definition) is 1. The van der Waals surface area contributed by atoms with Crippen LogP contribution in [0.4, 0.5) is 8.78 Å². The Morgan fingerprint density at radius 1 is 1.59 bits per heavy atom. The van der Waals surface area contributed by atoms with Gasteiger partial charge in [0.15, 0.2) is 0 Å². The fourth-order valence-electron chi connectivity index (χ4n) is 1.45. The smallest absolute Gasteiger partial charge is 0.339 e. The lowest BCUT2D eigenvalue weighted by Gasteiger charge is -2.11. The van der Waals surface area contributed by atoms with Crippen LogP contribution in [0.3, 0.4) is 0 Å². The first-order valence-electron chi connectivity index (χ1n) is 4.60. The summed E-state index contributed by atoms with van der Waals surface area (Å²) in [6.07, 6.45) is -2.95. The Labute approximate surface area is 96.0 Å². The quantitative estimate of drug-likeness (QED) is 0.819. The maximum atomic E-state index is 12.8. The van der Waals surface area contributed by atoms with Crippen LogP contribution in [0.5, 0.6) is 0 Å². The summed E-state index contributed by atoms with van der Waals surface area (Å²) in [6.45, 7) is -0.629. The number of hydrogen-bond acceptors (Lipinski definition) is 4. The fraction of sp³-hybridized carbons (Fsp3) is 0.273. The highest BCUT2D eigenvalue weighted by Crippen LogP contribution is 2.29. The van der Waals surface area contributed by atoms with E-state index in [0.29, 0.717) is 0 Å². The number of rotatable bonds is 3. The minimum Gasteiger partial charge on any atom is -0.465 e. The molecule has 0 atom stereocenters. The van der Waals surface area contributed by atoms with Gasteiger partial charge >= 0.3 is 5.97 Å². The number of nitrogens with zero attached hydrogens (tertiary/aromatic N) is 1.